The monoisotopic (exact) mass is 723 g/mol. The van der Waals surface area contributed by atoms with E-state index in [1.54, 1.807) is 0 Å². The van der Waals surface area contributed by atoms with Crippen LogP contribution < -0.4 is 14.3 Å². The normalized spacial score (nSPS) is 16.2. The fourth-order valence-corrected chi connectivity index (χ4v) is 11.3. The van der Waals surface area contributed by atoms with E-state index in [1.165, 1.54) is 55.3 Å². The van der Waals surface area contributed by atoms with Crippen LogP contribution in [-0.4, -0.2) is 12.6 Å². The Morgan fingerprint density at radius 2 is 1.52 bits per heavy atom. The molecule has 0 aliphatic carbocycles. The van der Waals surface area contributed by atoms with Gasteiger partial charge in [-0.15, -0.1) is 9.13 Å². The second-order valence-electron chi connectivity index (χ2n) is 18.3. The highest BCUT2D eigenvalue weighted by Gasteiger charge is 2.67. The van der Waals surface area contributed by atoms with Crippen LogP contribution in [0.15, 0.2) is 120 Å². The highest BCUT2D eigenvalue weighted by Crippen LogP contribution is 2.52. The molecule has 3 aromatic heterocycles. The first-order valence-electron chi connectivity index (χ1n) is 19.6. The number of hydrogen-bond donors (Lipinski definition) is 0. The number of fused-ring (bicyclic) bond motifs is 16. The summed E-state index contributed by atoms with van der Waals surface area (Å²) in [5.41, 5.74) is 15.2. The molecule has 0 radical (unpaired) electrons. The standard InChI is InChI=1S/C49H49N3OSi/c1-30(2)26-32-28-42-37-27-31(3)18-24-38(37)49(50(42)29-44(32)54(7,8)9)39-25-23-36-35-14-10-13-17-43(35)53-46(36)45(39)47-51(40-15-11-12-16-41(40)52(47)49)34-21-19-33(20-22-34)48(4,5)6/h10-25,27-30H,26H2,1-9H3/q+2. The first kappa shape index (κ1) is 33.3. The molecule has 5 aromatic carbocycles. The first-order chi connectivity index (χ1) is 25.8. The molecule has 1 unspecified atom stereocenters. The Hall–Kier alpha value is -5.26. The van der Waals surface area contributed by atoms with Crippen molar-refractivity contribution in [2.45, 2.75) is 78.7 Å². The van der Waals surface area contributed by atoms with E-state index in [0.717, 1.165) is 45.4 Å². The molecular formula is C49H49N3OSi+2. The number of furan rings is 1. The van der Waals surface area contributed by atoms with Crippen molar-refractivity contribution in [2.75, 3.05) is 0 Å². The number of rotatable bonds is 4. The van der Waals surface area contributed by atoms with Gasteiger partial charge >= 0.3 is 11.5 Å². The van der Waals surface area contributed by atoms with Crippen molar-refractivity contribution in [2.24, 2.45) is 5.92 Å². The van der Waals surface area contributed by atoms with Crippen molar-refractivity contribution in [3.05, 3.63) is 143 Å². The van der Waals surface area contributed by atoms with Crippen LogP contribution in [0, 0.1) is 12.8 Å². The topological polar surface area (TPSA) is 25.8 Å². The summed E-state index contributed by atoms with van der Waals surface area (Å²) < 4.78 is 14.8. The number of aryl methyl sites for hydroxylation is 1. The zero-order chi connectivity index (χ0) is 37.5. The minimum atomic E-state index is -1.79. The van der Waals surface area contributed by atoms with E-state index >= 15 is 0 Å². The van der Waals surface area contributed by atoms with E-state index in [1.807, 2.05) is 0 Å². The second-order valence-corrected chi connectivity index (χ2v) is 23.3. The number of imidazole rings is 1. The molecule has 0 saturated heterocycles. The lowest BCUT2D eigenvalue weighted by molar-refractivity contribution is -0.944. The summed E-state index contributed by atoms with van der Waals surface area (Å²) in [7, 11) is -1.79. The fourth-order valence-electron chi connectivity index (χ4n) is 9.68. The SMILES string of the molecule is Cc1ccc2c(c1)-c1cc(CC(C)C)c([Si](C)(C)C)c[n+]1C21c2ccc3c(oc4ccccc43)c2-c2n(-c3ccc(C(C)(C)C)cc3)c3ccccc3[n+]21. The molecule has 2 aliphatic rings. The van der Waals surface area contributed by atoms with Crippen LogP contribution in [0.25, 0.3) is 61.3 Å². The molecule has 5 heteroatoms. The maximum atomic E-state index is 7.01. The summed E-state index contributed by atoms with van der Waals surface area (Å²) in [6, 6.07) is 41.2. The van der Waals surface area contributed by atoms with E-state index in [4.69, 9.17) is 4.42 Å². The lowest BCUT2D eigenvalue weighted by Crippen LogP contribution is -2.72. The van der Waals surface area contributed by atoms with Gasteiger partial charge in [-0.25, -0.2) is 0 Å². The number of nitrogens with zero attached hydrogens (tertiary/aromatic N) is 3. The Bertz CT molecular complexity index is 2860. The summed E-state index contributed by atoms with van der Waals surface area (Å²) in [6.07, 6.45) is 3.65. The van der Waals surface area contributed by atoms with Gasteiger partial charge in [0.15, 0.2) is 22.8 Å². The van der Waals surface area contributed by atoms with Gasteiger partial charge in [0.2, 0.25) is 5.69 Å². The largest absolute Gasteiger partial charge is 0.455 e. The van der Waals surface area contributed by atoms with Crippen molar-refractivity contribution >= 4 is 46.2 Å². The Morgan fingerprint density at radius 1 is 0.796 bits per heavy atom. The van der Waals surface area contributed by atoms with Gasteiger partial charge in [0, 0.05) is 22.0 Å². The molecule has 10 rings (SSSR count). The molecule has 268 valence electrons. The number of para-hydroxylation sites is 3. The molecule has 1 atom stereocenters. The highest BCUT2D eigenvalue weighted by atomic mass is 28.3. The Morgan fingerprint density at radius 3 is 2.26 bits per heavy atom. The van der Waals surface area contributed by atoms with Gasteiger partial charge in [-0.2, -0.15) is 4.57 Å². The van der Waals surface area contributed by atoms with Crippen molar-refractivity contribution < 1.29 is 13.6 Å². The van der Waals surface area contributed by atoms with Crippen LogP contribution in [0.1, 0.15) is 62.4 Å². The van der Waals surface area contributed by atoms with Gasteiger partial charge in [-0.3, -0.25) is 0 Å². The Kier molecular flexibility index (Phi) is 6.87. The van der Waals surface area contributed by atoms with Crippen molar-refractivity contribution in [1.82, 2.24) is 4.57 Å². The van der Waals surface area contributed by atoms with Gasteiger partial charge in [0.05, 0.1) is 24.8 Å². The molecule has 0 bridgehead atoms. The highest BCUT2D eigenvalue weighted by molar-refractivity contribution is 6.89. The lowest BCUT2D eigenvalue weighted by Gasteiger charge is -2.24. The van der Waals surface area contributed by atoms with E-state index in [2.05, 4.69) is 190 Å². The van der Waals surface area contributed by atoms with Crippen molar-refractivity contribution in [3.8, 4) is 28.3 Å². The van der Waals surface area contributed by atoms with E-state index in [-0.39, 0.29) is 5.41 Å². The summed E-state index contributed by atoms with van der Waals surface area (Å²) in [6.45, 7) is 21.3. The molecule has 0 fully saturated rings. The number of benzene rings is 5. The first-order valence-corrected chi connectivity index (χ1v) is 23.1. The van der Waals surface area contributed by atoms with Crippen LogP contribution in [0.3, 0.4) is 0 Å². The number of aromatic nitrogens is 3. The Labute approximate surface area is 319 Å². The second kappa shape index (κ2) is 11.1. The molecule has 1 spiro atoms. The van der Waals surface area contributed by atoms with Crippen LogP contribution in [0.4, 0.5) is 0 Å². The average Bonchev–Trinajstić information content (AvgIpc) is 3.83. The molecule has 4 nitrogen and oxygen atoms in total. The minimum Gasteiger partial charge on any atom is -0.455 e. The van der Waals surface area contributed by atoms with Gasteiger partial charge in [0.1, 0.15) is 16.8 Å². The van der Waals surface area contributed by atoms with Crippen LogP contribution >= 0.6 is 0 Å². The van der Waals surface area contributed by atoms with Crippen LogP contribution in [-0.2, 0) is 17.5 Å². The van der Waals surface area contributed by atoms with E-state index in [0.29, 0.717) is 5.92 Å². The summed E-state index contributed by atoms with van der Waals surface area (Å²) >= 11 is 0. The quantitative estimate of drug-likeness (QED) is 0.131. The van der Waals surface area contributed by atoms with Gasteiger partial charge in [-0.1, -0.05) is 108 Å². The van der Waals surface area contributed by atoms with Gasteiger partial charge in [-0.05, 0) is 90.4 Å². The lowest BCUT2D eigenvalue weighted by atomic mass is 9.87. The van der Waals surface area contributed by atoms with E-state index in [9.17, 15) is 0 Å². The van der Waals surface area contributed by atoms with Gasteiger partial charge < -0.3 is 4.42 Å². The molecule has 0 N–H and O–H groups in total. The molecular weight excluding hydrogens is 675 g/mol. The zero-order valence-electron chi connectivity index (χ0n) is 33.0. The molecule has 0 amide bonds. The van der Waals surface area contributed by atoms with Crippen molar-refractivity contribution in [3.63, 3.8) is 0 Å². The zero-order valence-corrected chi connectivity index (χ0v) is 34.0. The van der Waals surface area contributed by atoms with Crippen molar-refractivity contribution in [1.29, 1.82) is 0 Å². The van der Waals surface area contributed by atoms with E-state index < -0.39 is 13.7 Å². The molecule has 8 aromatic rings. The summed E-state index contributed by atoms with van der Waals surface area (Å²) in [5.74, 6) is 1.71. The maximum absolute atomic E-state index is 7.01. The minimum absolute atomic E-state index is 0.0552. The number of pyridine rings is 1. The molecule has 54 heavy (non-hydrogen) atoms. The molecule has 2 aliphatic heterocycles. The van der Waals surface area contributed by atoms with Gasteiger partial charge in [0.25, 0.3) is 0 Å². The third-order valence-electron chi connectivity index (χ3n) is 12.0. The summed E-state index contributed by atoms with van der Waals surface area (Å²) in [5, 5.41) is 3.83. The summed E-state index contributed by atoms with van der Waals surface area (Å²) in [4.78, 5) is 0. The predicted octanol–water partition coefficient (Wildman–Crippen LogP) is 10.7. The van der Waals surface area contributed by atoms with Crippen LogP contribution in [0.2, 0.25) is 19.6 Å². The smallest absolute Gasteiger partial charge is 0.364 e. The fraction of sp³-hybridized carbons (Fsp3) is 0.265. The third-order valence-corrected chi connectivity index (χ3v) is 14.1. The molecule has 0 saturated carbocycles. The average molecular weight is 724 g/mol. The third kappa shape index (κ3) is 4.42. The number of hydrogen-bond acceptors (Lipinski definition) is 1. The molecule has 5 heterocycles. The Balaban J connectivity index is 1.43. The van der Waals surface area contributed by atoms with Crippen LogP contribution in [0.5, 0.6) is 0 Å². The maximum Gasteiger partial charge on any atom is 0.364 e. The predicted molar refractivity (Wildman–Crippen MR) is 225 cm³/mol.